The van der Waals surface area contributed by atoms with Gasteiger partial charge in [0.25, 0.3) is 0 Å². The Morgan fingerprint density at radius 2 is 1.91 bits per heavy atom. The second kappa shape index (κ2) is 8.15. The van der Waals surface area contributed by atoms with Crippen LogP contribution in [-0.4, -0.2) is 48.6 Å². The Balaban J connectivity index is 1.52. The molecule has 12 heteroatoms. The number of ether oxygens (including phenoxy) is 1. The number of methoxy groups -OCH3 is 1. The first-order valence-electron chi connectivity index (χ1n) is 9.88. The van der Waals surface area contributed by atoms with Crippen LogP contribution in [0.3, 0.4) is 0 Å². The Morgan fingerprint density at radius 1 is 1.19 bits per heavy atom. The van der Waals surface area contributed by atoms with Crippen molar-refractivity contribution in [2.75, 3.05) is 29.8 Å². The molecule has 0 amide bonds. The van der Waals surface area contributed by atoms with Crippen LogP contribution in [0.4, 0.5) is 24.7 Å². The van der Waals surface area contributed by atoms with Gasteiger partial charge >= 0.3 is 6.18 Å². The SMILES string of the molecule is COc1ccc2cnn(C)c2c1NS(=O)(=O)C1CCN(c2cc(C(F)(F)F)ccn2)CC1. The molecule has 1 fully saturated rings. The zero-order valence-corrected chi connectivity index (χ0v) is 18.2. The highest BCUT2D eigenvalue weighted by Gasteiger charge is 2.34. The number of benzene rings is 1. The van der Waals surface area contributed by atoms with E-state index in [1.165, 1.54) is 7.11 Å². The summed E-state index contributed by atoms with van der Waals surface area (Å²) in [7, 11) is -0.628. The number of hydrogen-bond donors (Lipinski definition) is 1. The van der Waals surface area contributed by atoms with Crippen molar-refractivity contribution in [1.82, 2.24) is 14.8 Å². The lowest BCUT2D eigenvalue weighted by Gasteiger charge is -2.33. The van der Waals surface area contributed by atoms with Gasteiger partial charge in [-0.1, -0.05) is 0 Å². The molecule has 2 aromatic heterocycles. The van der Waals surface area contributed by atoms with Gasteiger partial charge in [-0.25, -0.2) is 13.4 Å². The van der Waals surface area contributed by atoms with Crippen LogP contribution in [0.15, 0.2) is 36.7 Å². The highest BCUT2D eigenvalue weighted by Crippen LogP contribution is 2.35. The van der Waals surface area contributed by atoms with Gasteiger partial charge in [-0.05, 0) is 37.1 Å². The fraction of sp³-hybridized carbons (Fsp3) is 0.400. The summed E-state index contributed by atoms with van der Waals surface area (Å²) >= 11 is 0. The first-order chi connectivity index (χ1) is 15.1. The minimum atomic E-state index is -4.46. The van der Waals surface area contributed by atoms with Crippen molar-refractivity contribution in [2.24, 2.45) is 7.05 Å². The van der Waals surface area contributed by atoms with Gasteiger partial charge in [-0.15, -0.1) is 0 Å². The highest BCUT2D eigenvalue weighted by atomic mass is 32.2. The number of fused-ring (bicyclic) bond motifs is 1. The van der Waals surface area contributed by atoms with Gasteiger partial charge in [0.05, 0.1) is 29.6 Å². The number of nitrogens with zero attached hydrogens (tertiary/aromatic N) is 4. The largest absolute Gasteiger partial charge is 0.494 e. The Labute approximate surface area is 183 Å². The molecule has 1 N–H and O–H groups in total. The second-order valence-electron chi connectivity index (χ2n) is 7.58. The third-order valence-electron chi connectivity index (χ3n) is 5.61. The molecule has 0 aliphatic carbocycles. The lowest BCUT2D eigenvalue weighted by Crippen LogP contribution is -2.41. The number of hydrogen-bond acceptors (Lipinski definition) is 6. The molecule has 0 saturated carbocycles. The Morgan fingerprint density at radius 3 is 2.56 bits per heavy atom. The molecule has 0 atom stereocenters. The van der Waals surface area contributed by atoms with Gasteiger partial charge in [0.2, 0.25) is 10.0 Å². The minimum absolute atomic E-state index is 0.185. The fourth-order valence-electron chi connectivity index (χ4n) is 3.91. The number of anilines is 2. The predicted molar refractivity (Wildman–Crippen MR) is 114 cm³/mol. The molecule has 1 aliphatic heterocycles. The maximum Gasteiger partial charge on any atom is 0.416 e. The van der Waals surface area contributed by atoms with E-state index in [0.29, 0.717) is 17.0 Å². The summed E-state index contributed by atoms with van der Waals surface area (Å²) in [4.78, 5) is 5.70. The highest BCUT2D eigenvalue weighted by molar-refractivity contribution is 7.93. The molecule has 8 nitrogen and oxygen atoms in total. The van der Waals surface area contributed by atoms with Crippen molar-refractivity contribution in [3.8, 4) is 5.75 Å². The maximum atomic E-state index is 13.1. The Bertz CT molecular complexity index is 1230. The Kier molecular flexibility index (Phi) is 5.65. The van der Waals surface area contributed by atoms with Crippen molar-refractivity contribution < 1.29 is 26.3 Å². The van der Waals surface area contributed by atoms with Gasteiger partial charge in [-0.2, -0.15) is 18.3 Å². The monoisotopic (exact) mass is 469 g/mol. The molecule has 0 spiro atoms. The summed E-state index contributed by atoms with van der Waals surface area (Å²) in [6.07, 6.45) is -1.22. The standard InChI is InChI=1S/C20H22F3N5O3S/c1-27-19-13(12-25-27)3-4-16(31-2)18(19)26-32(29,30)15-6-9-28(10-7-15)17-11-14(5-8-24-17)20(21,22)23/h3-5,8,11-12,15,26H,6-7,9-10H2,1-2H3. The number of aryl methyl sites for hydroxylation is 1. The topological polar surface area (TPSA) is 89.3 Å². The van der Waals surface area contributed by atoms with E-state index >= 15 is 0 Å². The van der Waals surface area contributed by atoms with Crippen LogP contribution in [0.1, 0.15) is 18.4 Å². The summed E-state index contributed by atoms with van der Waals surface area (Å²) in [5.41, 5.74) is 0.126. The van der Waals surface area contributed by atoms with Crippen LogP contribution in [0.25, 0.3) is 10.9 Å². The number of sulfonamides is 1. The van der Waals surface area contributed by atoms with Crippen LogP contribution in [0.5, 0.6) is 5.75 Å². The molecular weight excluding hydrogens is 447 g/mol. The van der Waals surface area contributed by atoms with Crippen LogP contribution in [-0.2, 0) is 23.2 Å². The zero-order chi connectivity index (χ0) is 23.1. The zero-order valence-electron chi connectivity index (χ0n) is 17.4. The number of pyridine rings is 1. The molecule has 0 unspecified atom stereocenters. The molecule has 32 heavy (non-hydrogen) atoms. The maximum absolute atomic E-state index is 13.1. The molecule has 3 aromatic rings. The van der Waals surface area contributed by atoms with E-state index in [4.69, 9.17) is 4.74 Å². The molecule has 1 aromatic carbocycles. The number of piperidine rings is 1. The number of alkyl halides is 3. The number of nitrogens with one attached hydrogen (secondary N) is 1. The van der Waals surface area contributed by atoms with E-state index in [-0.39, 0.29) is 31.7 Å². The van der Waals surface area contributed by atoms with E-state index in [2.05, 4.69) is 14.8 Å². The summed E-state index contributed by atoms with van der Waals surface area (Å²) in [6.45, 7) is 0.542. The fourth-order valence-corrected chi connectivity index (χ4v) is 5.39. The summed E-state index contributed by atoms with van der Waals surface area (Å²) in [5.74, 6) is 0.556. The van der Waals surface area contributed by atoms with Crippen LogP contribution in [0, 0.1) is 0 Å². The Hall–Kier alpha value is -3.02. The quantitative estimate of drug-likeness (QED) is 0.616. The van der Waals surface area contributed by atoms with Crippen molar-refractivity contribution in [2.45, 2.75) is 24.3 Å². The third-order valence-corrected chi connectivity index (χ3v) is 7.44. The predicted octanol–water partition coefficient (Wildman–Crippen LogP) is 3.41. The van der Waals surface area contributed by atoms with E-state index < -0.39 is 27.0 Å². The van der Waals surface area contributed by atoms with Gasteiger partial charge < -0.3 is 9.64 Å². The average molecular weight is 469 g/mol. The molecule has 0 radical (unpaired) electrons. The van der Waals surface area contributed by atoms with Gasteiger partial charge in [-0.3, -0.25) is 9.40 Å². The molecule has 3 heterocycles. The van der Waals surface area contributed by atoms with E-state index in [9.17, 15) is 21.6 Å². The van der Waals surface area contributed by atoms with E-state index in [1.807, 2.05) is 0 Å². The lowest BCUT2D eigenvalue weighted by atomic mass is 10.1. The first kappa shape index (κ1) is 22.2. The molecule has 1 aliphatic rings. The molecule has 4 rings (SSSR count). The van der Waals surface area contributed by atoms with Crippen molar-refractivity contribution in [3.05, 3.63) is 42.2 Å². The normalized spacial score (nSPS) is 15.8. The second-order valence-corrected chi connectivity index (χ2v) is 9.54. The number of halogens is 3. The summed E-state index contributed by atoms with van der Waals surface area (Å²) in [5, 5.41) is 4.22. The third kappa shape index (κ3) is 4.18. The molecule has 1 saturated heterocycles. The van der Waals surface area contributed by atoms with E-state index in [0.717, 1.165) is 23.7 Å². The molecular formula is C20H22F3N5O3S. The van der Waals surface area contributed by atoms with Crippen LogP contribution < -0.4 is 14.4 Å². The van der Waals surface area contributed by atoms with Crippen LogP contribution in [0.2, 0.25) is 0 Å². The van der Waals surface area contributed by atoms with Gasteiger partial charge in [0.1, 0.15) is 17.3 Å². The first-order valence-corrected chi connectivity index (χ1v) is 11.4. The summed E-state index contributed by atoms with van der Waals surface area (Å²) < 4.78 is 74.8. The number of aromatic nitrogens is 3. The van der Waals surface area contributed by atoms with Gasteiger partial charge in [0, 0.05) is 31.7 Å². The minimum Gasteiger partial charge on any atom is -0.494 e. The average Bonchev–Trinajstić information content (AvgIpc) is 3.14. The number of rotatable bonds is 5. The molecule has 172 valence electrons. The van der Waals surface area contributed by atoms with Crippen LogP contribution >= 0.6 is 0 Å². The van der Waals surface area contributed by atoms with Crippen molar-refractivity contribution >= 4 is 32.4 Å². The van der Waals surface area contributed by atoms with Crippen molar-refractivity contribution in [3.63, 3.8) is 0 Å². The van der Waals surface area contributed by atoms with Gasteiger partial charge in [0.15, 0.2) is 0 Å². The summed E-state index contributed by atoms with van der Waals surface area (Å²) in [6, 6.07) is 5.36. The van der Waals surface area contributed by atoms with Crippen molar-refractivity contribution in [1.29, 1.82) is 0 Å². The smallest absolute Gasteiger partial charge is 0.416 e. The van der Waals surface area contributed by atoms with E-state index in [1.54, 1.807) is 35.0 Å². The molecule has 0 bridgehead atoms. The lowest BCUT2D eigenvalue weighted by molar-refractivity contribution is -0.137.